The van der Waals surface area contributed by atoms with Crippen LogP contribution in [0.1, 0.15) is 6.92 Å². The van der Waals surface area contributed by atoms with Gasteiger partial charge in [-0.3, -0.25) is 0 Å². The van der Waals surface area contributed by atoms with Crippen molar-refractivity contribution >= 4 is 16.5 Å². The Morgan fingerprint density at radius 2 is 2.25 bits per heavy atom. The molecule has 1 N–H and O–H groups in total. The van der Waals surface area contributed by atoms with Crippen molar-refractivity contribution in [2.45, 2.75) is 13.0 Å². The summed E-state index contributed by atoms with van der Waals surface area (Å²) in [7, 11) is 1.69. The number of hydrogen-bond donors (Lipinski definition) is 1. The van der Waals surface area contributed by atoms with E-state index in [4.69, 9.17) is 14.2 Å². The molecule has 1 atom stereocenters. The molecule has 0 aliphatic carbocycles. The van der Waals surface area contributed by atoms with Crippen LogP contribution in [-0.2, 0) is 4.74 Å². The zero-order valence-corrected chi connectivity index (χ0v) is 12.2. The fourth-order valence-electron chi connectivity index (χ4n) is 2.03. The van der Waals surface area contributed by atoms with Gasteiger partial charge in [0.1, 0.15) is 0 Å². The summed E-state index contributed by atoms with van der Waals surface area (Å²) in [6, 6.07) is 6.10. The fraction of sp³-hybridized carbons (Fsp3) is 0.357. The summed E-state index contributed by atoms with van der Waals surface area (Å²) in [5.74, 6) is 1.56. The molecule has 0 amide bonds. The van der Waals surface area contributed by atoms with Crippen molar-refractivity contribution in [1.82, 2.24) is 4.98 Å². The van der Waals surface area contributed by atoms with Gasteiger partial charge in [-0.05, 0) is 25.1 Å². The lowest BCUT2D eigenvalue weighted by Crippen LogP contribution is -2.20. The van der Waals surface area contributed by atoms with Crippen molar-refractivity contribution in [1.29, 1.82) is 0 Å². The molecule has 1 aliphatic rings. The second kappa shape index (κ2) is 5.68. The van der Waals surface area contributed by atoms with Gasteiger partial charge < -0.3 is 19.5 Å². The van der Waals surface area contributed by atoms with Crippen LogP contribution >= 0.6 is 11.3 Å². The van der Waals surface area contributed by atoms with Crippen LogP contribution in [0.3, 0.4) is 0 Å². The highest BCUT2D eigenvalue weighted by molar-refractivity contribution is 7.14. The molecule has 0 unspecified atom stereocenters. The van der Waals surface area contributed by atoms with Crippen LogP contribution in [0.15, 0.2) is 23.6 Å². The topological polar surface area (TPSA) is 52.6 Å². The van der Waals surface area contributed by atoms with Crippen LogP contribution in [0.5, 0.6) is 11.5 Å². The molecule has 1 aromatic heterocycles. The Kier molecular flexibility index (Phi) is 3.75. The summed E-state index contributed by atoms with van der Waals surface area (Å²) in [4.78, 5) is 4.58. The number of hydrogen-bond acceptors (Lipinski definition) is 6. The Balaban J connectivity index is 1.76. The van der Waals surface area contributed by atoms with Gasteiger partial charge in [0.05, 0.1) is 12.3 Å². The summed E-state index contributed by atoms with van der Waals surface area (Å²) in [6.07, 6.45) is 0. The van der Waals surface area contributed by atoms with Crippen LogP contribution < -0.4 is 14.8 Å². The van der Waals surface area contributed by atoms with Gasteiger partial charge in [0.25, 0.3) is 0 Å². The number of ether oxygens (including phenoxy) is 3. The predicted molar refractivity (Wildman–Crippen MR) is 78.6 cm³/mol. The molecule has 1 aromatic carbocycles. The average Bonchev–Trinajstić information content (AvgIpc) is 3.06. The minimum absolute atomic E-state index is 0.232. The standard InChI is InChI=1S/C14H16N2O3S/c1-9(6-17-2)15-14-16-11(7-20-14)10-3-4-12-13(5-10)19-8-18-12/h3-5,7,9H,6,8H2,1-2H3,(H,15,16)/t9-/m1/s1. The van der Waals surface area contributed by atoms with Crippen LogP contribution in [0.4, 0.5) is 5.13 Å². The summed E-state index contributed by atoms with van der Waals surface area (Å²) >= 11 is 1.58. The van der Waals surface area contributed by atoms with Crippen LogP contribution in [0.2, 0.25) is 0 Å². The van der Waals surface area contributed by atoms with Crippen molar-refractivity contribution in [3.8, 4) is 22.8 Å². The number of methoxy groups -OCH3 is 1. The van der Waals surface area contributed by atoms with Gasteiger partial charge in [-0.1, -0.05) is 0 Å². The third kappa shape index (κ3) is 2.71. The first-order chi connectivity index (χ1) is 9.76. The normalized spacial score (nSPS) is 14.3. The Morgan fingerprint density at radius 1 is 1.40 bits per heavy atom. The summed E-state index contributed by atoms with van der Waals surface area (Å²) in [6.45, 7) is 3.00. The Hall–Kier alpha value is -1.79. The van der Waals surface area contributed by atoms with E-state index in [1.54, 1.807) is 18.4 Å². The first kappa shape index (κ1) is 13.2. The summed E-state index contributed by atoms with van der Waals surface area (Å²) < 4.78 is 15.8. The van der Waals surface area contributed by atoms with Crippen molar-refractivity contribution < 1.29 is 14.2 Å². The second-order valence-corrected chi connectivity index (χ2v) is 5.46. The molecule has 5 nitrogen and oxygen atoms in total. The first-order valence-corrected chi connectivity index (χ1v) is 7.25. The maximum atomic E-state index is 5.39. The molecule has 2 aromatic rings. The molecule has 2 heterocycles. The van der Waals surface area contributed by atoms with Crippen molar-refractivity contribution in [2.24, 2.45) is 0 Å². The molecular formula is C14H16N2O3S. The molecule has 1 aliphatic heterocycles. The largest absolute Gasteiger partial charge is 0.454 e. The van der Waals surface area contributed by atoms with Gasteiger partial charge in [-0.15, -0.1) is 11.3 Å². The molecule has 6 heteroatoms. The molecule has 106 valence electrons. The SMILES string of the molecule is COC[C@@H](C)Nc1nc(-c2ccc3c(c2)OCO3)cs1. The summed E-state index contributed by atoms with van der Waals surface area (Å²) in [5, 5.41) is 6.23. The van der Waals surface area contributed by atoms with Gasteiger partial charge in [0, 0.05) is 24.1 Å². The Morgan fingerprint density at radius 3 is 3.10 bits per heavy atom. The Labute approximate surface area is 121 Å². The predicted octanol–water partition coefficient (Wildman–Crippen LogP) is 2.99. The highest BCUT2D eigenvalue weighted by atomic mass is 32.1. The van der Waals surface area contributed by atoms with Gasteiger partial charge >= 0.3 is 0 Å². The van der Waals surface area contributed by atoms with E-state index in [0.717, 1.165) is 27.9 Å². The van der Waals surface area contributed by atoms with Gasteiger partial charge in [-0.2, -0.15) is 0 Å². The number of nitrogens with one attached hydrogen (secondary N) is 1. The highest BCUT2D eigenvalue weighted by Gasteiger charge is 2.15. The zero-order chi connectivity index (χ0) is 13.9. The molecule has 0 spiro atoms. The van der Waals surface area contributed by atoms with Crippen molar-refractivity contribution in [2.75, 3.05) is 25.8 Å². The molecule has 0 saturated carbocycles. The third-order valence-corrected chi connectivity index (χ3v) is 3.73. The number of fused-ring (bicyclic) bond motifs is 1. The number of anilines is 1. The quantitative estimate of drug-likeness (QED) is 0.918. The molecule has 0 saturated heterocycles. The van der Waals surface area contributed by atoms with Gasteiger partial charge in [0.2, 0.25) is 6.79 Å². The molecular weight excluding hydrogens is 276 g/mol. The van der Waals surface area contributed by atoms with E-state index in [0.29, 0.717) is 6.61 Å². The first-order valence-electron chi connectivity index (χ1n) is 6.37. The minimum atomic E-state index is 0.232. The number of nitrogens with zero attached hydrogens (tertiary/aromatic N) is 1. The molecule has 0 radical (unpaired) electrons. The minimum Gasteiger partial charge on any atom is -0.454 e. The molecule has 0 fully saturated rings. The van der Waals surface area contributed by atoms with E-state index in [1.165, 1.54) is 0 Å². The number of thiazole rings is 1. The van der Waals surface area contributed by atoms with E-state index in [1.807, 2.05) is 23.6 Å². The van der Waals surface area contributed by atoms with E-state index < -0.39 is 0 Å². The zero-order valence-electron chi connectivity index (χ0n) is 11.4. The second-order valence-electron chi connectivity index (χ2n) is 4.61. The van der Waals surface area contributed by atoms with Crippen LogP contribution in [-0.4, -0.2) is 31.5 Å². The lowest BCUT2D eigenvalue weighted by Gasteiger charge is -2.10. The lowest BCUT2D eigenvalue weighted by atomic mass is 10.1. The number of rotatable bonds is 5. The van der Waals surface area contributed by atoms with E-state index in [-0.39, 0.29) is 12.8 Å². The van der Waals surface area contributed by atoms with Gasteiger partial charge in [-0.25, -0.2) is 4.98 Å². The van der Waals surface area contributed by atoms with E-state index >= 15 is 0 Å². The van der Waals surface area contributed by atoms with E-state index in [9.17, 15) is 0 Å². The van der Waals surface area contributed by atoms with Crippen molar-refractivity contribution in [3.63, 3.8) is 0 Å². The monoisotopic (exact) mass is 292 g/mol. The Bertz CT molecular complexity index is 600. The number of aromatic nitrogens is 1. The number of benzene rings is 1. The molecule has 3 rings (SSSR count). The molecule has 20 heavy (non-hydrogen) atoms. The highest BCUT2D eigenvalue weighted by Crippen LogP contribution is 2.36. The molecule has 0 bridgehead atoms. The maximum absolute atomic E-state index is 5.39. The van der Waals surface area contributed by atoms with Crippen LogP contribution in [0, 0.1) is 0 Å². The lowest BCUT2D eigenvalue weighted by molar-refractivity contribution is 0.174. The average molecular weight is 292 g/mol. The van der Waals surface area contributed by atoms with Crippen molar-refractivity contribution in [3.05, 3.63) is 23.6 Å². The summed E-state index contributed by atoms with van der Waals surface area (Å²) in [5.41, 5.74) is 1.96. The van der Waals surface area contributed by atoms with E-state index in [2.05, 4.69) is 17.2 Å². The maximum Gasteiger partial charge on any atom is 0.231 e. The van der Waals surface area contributed by atoms with Crippen LogP contribution in [0.25, 0.3) is 11.3 Å². The fourth-order valence-corrected chi connectivity index (χ4v) is 2.86. The van der Waals surface area contributed by atoms with Gasteiger partial charge in [0.15, 0.2) is 16.6 Å². The smallest absolute Gasteiger partial charge is 0.231 e. The third-order valence-electron chi connectivity index (χ3n) is 2.96.